The van der Waals surface area contributed by atoms with Crippen LogP contribution in [0.4, 0.5) is 4.79 Å². The molecule has 0 aromatic carbocycles. The van der Waals surface area contributed by atoms with Crippen LogP contribution in [0.3, 0.4) is 0 Å². The second-order valence-corrected chi connectivity index (χ2v) is 6.29. The van der Waals surface area contributed by atoms with Gasteiger partial charge in [-0.3, -0.25) is 0 Å². The van der Waals surface area contributed by atoms with Crippen LogP contribution in [-0.2, 0) is 9.47 Å². The first-order chi connectivity index (χ1) is 7.79. The topological polar surface area (TPSA) is 47.6 Å². The van der Waals surface area contributed by atoms with E-state index in [2.05, 4.69) is 28.2 Å². The Morgan fingerprint density at radius 3 is 2.65 bits per heavy atom. The monoisotopic (exact) mass is 307 g/mol. The Balaban J connectivity index is 2.65. The summed E-state index contributed by atoms with van der Waals surface area (Å²) in [5.74, 6) is 0.303. The smallest absolute Gasteiger partial charge is 0.408 e. The molecule has 0 aromatic heterocycles. The van der Waals surface area contributed by atoms with Crippen LogP contribution in [0, 0.1) is 5.92 Å². The van der Waals surface area contributed by atoms with Gasteiger partial charge in [0, 0.05) is 11.9 Å². The fourth-order valence-electron chi connectivity index (χ4n) is 1.85. The molecule has 0 spiro atoms. The maximum Gasteiger partial charge on any atom is 0.408 e. The summed E-state index contributed by atoms with van der Waals surface area (Å²) >= 11 is 3.46. The molecule has 1 rings (SSSR count). The molecule has 0 aromatic rings. The number of ether oxygens (including phenoxy) is 2. The van der Waals surface area contributed by atoms with E-state index < -0.39 is 5.60 Å². The lowest BCUT2D eigenvalue weighted by Gasteiger charge is -2.34. The van der Waals surface area contributed by atoms with Gasteiger partial charge in [0.25, 0.3) is 0 Å². The summed E-state index contributed by atoms with van der Waals surface area (Å²) in [5.41, 5.74) is -0.770. The van der Waals surface area contributed by atoms with Crippen LogP contribution >= 0.6 is 15.9 Å². The van der Waals surface area contributed by atoms with Crippen LogP contribution < -0.4 is 5.32 Å². The number of halogens is 1. The van der Waals surface area contributed by atoms with Crippen molar-refractivity contribution < 1.29 is 14.3 Å². The van der Waals surface area contributed by atoms with Gasteiger partial charge in [-0.1, -0.05) is 22.9 Å². The van der Waals surface area contributed by atoms with E-state index in [1.165, 1.54) is 0 Å². The molecule has 2 atom stereocenters. The third kappa shape index (κ3) is 4.14. The SMILES string of the molecule is CC(CBr)C1(NC(=O)OC(C)(C)C)CCOC1. The Bertz CT molecular complexity index is 269. The molecular weight excluding hydrogens is 286 g/mol. The van der Waals surface area contributed by atoms with Crippen molar-refractivity contribution in [2.24, 2.45) is 5.92 Å². The Morgan fingerprint density at radius 2 is 2.24 bits per heavy atom. The quantitative estimate of drug-likeness (QED) is 0.816. The molecule has 0 aliphatic carbocycles. The van der Waals surface area contributed by atoms with Gasteiger partial charge in [-0.25, -0.2) is 4.79 Å². The third-order valence-corrected chi connectivity index (χ3v) is 3.95. The van der Waals surface area contributed by atoms with Crippen molar-refractivity contribution in [2.75, 3.05) is 18.5 Å². The van der Waals surface area contributed by atoms with Crippen LogP contribution in [-0.4, -0.2) is 35.8 Å². The second kappa shape index (κ2) is 5.57. The number of rotatable bonds is 3. The molecular formula is C12H22BrNO3. The first kappa shape index (κ1) is 14.8. The van der Waals surface area contributed by atoms with E-state index in [-0.39, 0.29) is 11.6 Å². The molecule has 5 heteroatoms. The molecule has 1 saturated heterocycles. The molecule has 1 amide bonds. The lowest BCUT2D eigenvalue weighted by molar-refractivity contribution is 0.0401. The number of carbonyl (C=O) groups is 1. The number of hydrogen-bond acceptors (Lipinski definition) is 3. The highest BCUT2D eigenvalue weighted by Gasteiger charge is 2.41. The average Bonchev–Trinajstić information content (AvgIpc) is 2.63. The highest BCUT2D eigenvalue weighted by atomic mass is 79.9. The number of carbonyl (C=O) groups excluding carboxylic acids is 1. The van der Waals surface area contributed by atoms with Gasteiger partial charge < -0.3 is 14.8 Å². The first-order valence-electron chi connectivity index (χ1n) is 5.94. The summed E-state index contributed by atoms with van der Waals surface area (Å²) < 4.78 is 10.7. The molecule has 17 heavy (non-hydrogen) atoms. The second-order valence-electron chi connectivity index (χ2n) is 5.64. The standard InChI is InChI=1S/C12H22BrNO3/c1-9(7-13)12(5-6-16-8-12)14-10(15)17-11(2,3)4/h9H,5-8H2,1-4H3,(H,14,15). The van der Waals surface area contributed by atoms with Gasteiger partial charge in [-0.15, -0.1) is 0 Å². The zero-order chi connectivity index (χ0) is 13.1. The zero-order valence-electron chi connectivity index (χ0n) is 11.0. The molecule has 2 unspecified atom stereocenters. The minimum atomic E-state index is -0.470. The molecule has 1 aliphatic rings. The Morgan fingerprint density at radius 1 is 1.59 bits per heavy atom. The van der Waals surface area contributed by atoms with Gasteiger partial charge in [0.15, 0.2) is 0 Å². The summed E-state index contributed by atoms with van der Waals surface area (Å²) in [6.45, 7) is 8.92. The molecule has 1 N–H and O–H groups in total. The van der Waals surface area contributed by atoms with E-state index in [4.69, 9.17) is 9.47 Å². The average molecular weight is 308 g/mol. The Kier molecular flexibility index (Phi) is 4.84. The number of nitrogens with one attached hydrogen (secondary N) is 1. The normalized spacial score (nSPS) is 26.6. The summed E-state index contributed by atoms with van der Waals surface area (Å²) in [6.07, 6.45) is 0.467. The van der Waals surface area contributed by atoms with Crippen molar-refractivity contribution in [3.05, 3.63) is 0 Å². The van der Waals surface area contributed by atoms with Crippen LogP contribution in [0.15, 0.2) is 0 Å². The minimum Gasteiger partial charge on any atom is -0.444 e. The molecule has 0 bridgehead atoms. The van der Waals surface area contributed by atoms with Gasteiger partial charge >= 0.3 is 6.09 Å². The zero-order valence-corrected chi connectivity index (χ0v) is 12.6. The molecule has 100 valence electrons. The van der Waals surface area contributed by atoms with Crippen LogP contribution in [0.1, 0.15) is 34.1 Å². The van der Waals surface area contributed by atoms with E-state index >= 15 is 0 Å². The Hall–Kier alpha value is -0.290. The van der Waals surface area contributed by atoms with Crippen molar-refractivity contribution in [1.29, 1.82) is 0 Å². The van der Waals surface area contributed by atoms with Gasteiger partial charge in [0.05, 0.1) is 12.1 Å². The summed E-state index contributed by atoms with van der Waals surface area (Å²) in [7, 11) is 0. The van der Waals surface area contributed by atoms with E-state index in [0.717, 1.165) is 11.8 Å². The van der Waals surface area contributed by atoms with Crippen molar-refractivity contribution in [2.45, 2.75) is 45.3 Å². The van der Waals surface area contributed by atoms with Crippen molar-refractivity contribution >= 4 is 22.0 Å². The molecule has 0 saturated carbocycles. The van der Waals surface area contributed by atoms with E-state index in [1.54, 1.807) is 0 Å². The summed E-state index contributed by atoms with van der Waals surface area (Å²) in [5, 5.41) is 3.81. The predicted octanol–water partition coefficient (Wildman–Crippen LogP) is 2.70. The highest BCUT2D eigenvalue weighted by molar-refractivity contribution is 9.09. The largest absolute Gasteiger partial charge is 0.444 e. The number of alkyl carbamates (subject to hydrolysis) is 1. The summed E-state index contributed by atoms with van der Waals surface area (Å²) in [4.78, 5) is 11.8. The predicted molar refractivity (Wildman–Crippen MR) is 70.5 cm³/mol. The number of hydrogen-bond donors (Lipinski definition) is 1. The molecule has 1 heterocycles. The van der Waals surface area contributed by atoms with Crippen LogP contribution in [0.2, 0.25) is 0 Å². The molecule has 4 nitrogen and oxygen atoms in total. The van der Waals surface area contributed by atoms with Crippen molar-refractivity contribution in [1.82, 2.24) is 5.32 Å². The molecule has 1 aliphatic heterocycles. The molecule has 0 radical (unpaired) electrons. The van der Waals surface area contributed by atoms with Gasteiger partial charge in [0.2, 0.25) is 0 Å². The highest BCUT2D eigenvalue weighted by Crippen LogP contribution is 2.29. The van der Waals surface area contributed by atoms with Gasteiger partial charge in [-0.2, -0.15) is 0 Å². The Labute approximate surface area is 112 Å². The number of alkyl halides is 1. The third-order valence-electron chi connectivity index (χ3n) is 2.98. The van der Waals surface area contributed by atoms with Crippen LogP contribution in [0.5, 0.6) is 0 Å². The van der Waals surface area contributed by atoms with E-state index in [0.29, 0.717) is 19.1 Å². The van der Waals surface area contributed by atoms with Crippen LogP contribution in [0.25, 0.3) is 0 Å². The fraction of sp³-hybridized carbons (Fsp3) is 0.917. The van der Waals surface area contributed by atoms with E-state index in [1.807, 2.05) is 20.8 Å². The number of amides is 1. The lowest BCUT2D eigenvalue weighted by Crippen LogP contribution is -2.55. The first-order valence-corrected chi connectivity index (χ1v) is 7.06. The van der Waals surface area contributed by atoms with E-state index in [9.17, 15) is 4.79 Å². The van der Waals surface area contributed by atoms with Crippen molar-refractivity contribution in [3.63, 3.8) is 0 Å². The summed E-state index contributed by atoms with van der Waals surface area (Å²) in [6, 6.07) is 0. The van der Waals surface area contributed by atoms with Crippen molar-refractivity contribution in [3.8, 4) is 0 Å². The van der Waals surface area contributed by atoms with Gasteiger partial charge in [0.1, 0.15) is 5.60 Å². The maximum absolute atomic E-state index is 11.8. The maximum atomic E-state index is 11.8. The fourth-order valence-corrected chi connectivity index (χ4v) is 2.47. The lowest BCUT2D eigenvalue weighted by atomic mass is 9.86. The minimum absolute atomic E-state index is 0.300. The molecule has 1 fully saturated rings. The van der Waals surface area contributed by atoms with Gasteiger partial charge in [-0.05, 0) is 33.1 Å².